The first-order chi connectivity index (χ1) is 16.6. The van der Waals surface area contributed by atoms with Crippen LogP contribution in [0.5, 0.6) is 5.75 Å². The molecular formula is C26H28N4O4. The van der Waals surface area contributed by atoms with Crippen molar-refractivity contribution in [3.8, 4) is 5.75 Å². The van der Waals surface area contributed by atoms with Crippen molar-refractivity contribution >= 4 is 17.5 Å². The summed E-state index contributed by atoms with van der Waals surface area (Å²) in [4.78, 5) is 26.0. The van der Waals surface area contributed by atoms with E-state index in [1.807, 2.05) is 12.1 Å². The van der Waals surface area contributed by atoms with E-state index in [4.69, 9.17) is 4.52 Å². The Labute approximate surface area is 197 Å². The molecule has 1 atom stereocenters. The van der Waals surface area contributed by atoms with Gasteiger partial charge in [-0.15, -0.1) is 0 Å². The number of nitrogens with one attached hydrogen (secondary N) is 3. The predicted octanol–water partition coefficient (Wildman–Crippen LogP) is 3.98. The zero-order valence-corrected chi connectivity index (χ0v) is 18.8. The SMILES string of the molecule is O=C(Nc1ccccc1O)c1cccc(C(NC(=O)c2cc(C3CC3)on2)C2CCNCC2)c1. The molecule has 8 nitrogen and oxygen atoms in total. The molecule has 1 unspecified atom stereocenters. The number of nitrogens with zero attached hydrogens (tertiary/aromatic N) is 1. The Balaban J connectivity index is 1.37. The zero-order valence-electron chi connectivity index (χ0n) is 18.8. The van der Waals surface area contributed by atoms with Gasteiger partial charge < -0.3 is 25.6 Å². The van der Waals surface area contributed by atoms with Gasteiger partial charge in [-0.1, -0.05) is 29.4 Å². The summed E-state index contributed by atoms with van der Waals surface area (Å²) in [6, 6.07) is 15.3. The number of amides is 2. The fourth-order valence-electron chi connectivity index (χ4n) is 4.47. The van der Waals surface area contributed by atoms with E-state index < -0.39 is 0 Å². The van der Waals surface area contributed by atoms with Crippen LogP contribution in [0.1, 0.15) is 69.8 Å². The summed E-state index contributed by atoms with van der Waals surface area (Å²) in [7, 11) is 0. The van der Waals surface area contributed by atoms with Gasteiger partial charge in [0.25, 0.3) is 11.8 Å². The van der Waals surface area contributed by atoms with Crippen LogP contribution in [0.2, 0.25) is 0 Å². The van der Waals surface area contributed by atoms with Gasteiger partial charge in [-0.05, 0) is 74.5 Å². The smallest absolute Gasteiger partial charge is 0.273 e. The van der Waals surface area contributed by atoms with Crippen LogP contribution >= 0.6 is 0 Å². The highest BCUT2D eigenvalue weighted by Gasteiger charge is 2.31. The van der Waals surface area contributed by atoms with Crippen molar-refractivity contribution in [3.63, 3.8) is 0 Å². The summed E-state index contributed by atoms with van der Waals surface area (Å²) in [5.74, 6) is 0.772. The van der Waals surface area contributed by atoms with E-state index in [0.29, 0.717) is 17.2 Å². The third-order valence-corrected chi connectivity index (χ3v) is 6.54. The minimum atomic E-state index is -0.329. The van der Waals surface area contributed by atoms with Crippen molar-refractivity contribution in [1.82, 2.24) is 15.8 Å². The van der Waals surface area contributed by atoms with Gasteiger partial charge in [0.1, 0.15) is 11.5 Å². The summed E-state index contributed by atoms with van der Waals surface area (Å²) < 4.78 is 5.37. The van der Waals surface area contributed by atoms with Crippen molar-refractivity contribution in [2.24, 2.45) is 5.92 Å². The third-order valence-electron chi connectivity index (χ3n) is 6.54. The van der Waals surface area contributed by atoms with Crippen molar-refractivity contribution in [1.29, 1.82) is 0 Å². The number of phenols is 1. The predicted molar refractivity (Wildman–Crippen MR) is 127 cm³/mol. The first-order valence-electron chi connectivity index (χ1n) is 11.8. The van der Waals surface area contributed by atoms with Crippen LogP contribution in [0.3, 0.4) is 0 Å². The van der Waals surface area contributed by atoms with E-state index in [9.17, 15) is 14.7 Å². The lowest BCUT2D eigenvalue weighted by atomic mass is 9.85. The Bertz CT molecular complexity index is 1180. The van der Waals surface area contributed by atoms with Crippen molar-refractivity contribution < 1.29 is 19.2 Å². The van der Waals surface area contributed by atoms with Crippen LogP contribution < -0.4 is 16.0 Å². The Morgan fingerprint density at radius 2 is 1.79 bits per heavy atom. The minimum absolute atomic E-state index is 0.00466. The molecule has 4 N–H and O–H groups in total. The molecule has 2 aromatic carbocycles. The summed E-state index contributed by atoms with van der Waals surface area (Å²) >= 11 is 0. The summed E-state index contributed by atoms with van der Waals surface area (Å²) in [5.41, 5.74) is 1.94. The van der Waals surface area contributed by atoms with Gasteiger partial charge in [-0.3, -0.25) is 9.59 Å². The number of hydrogen-bond donors (Lipinski definition) is 4. The van der Waals surface area contributed by atoms with Crippen molar-refractivity contribution in [2.45, 2.75) is 37.6 Å². The van der Waals surface area contributed by atoms with Crippen LogP contribution in [0.4, 0.5) is 5.69 Å². The van der Waals surface area contributed by atoms with Gasteiger partial charge in [-0.25, -0.2) is 0 Å². The number of anilines is 1. The zero-order chi connectivity index (χ0) is 23.5. The maximum atomic E-state index is 13.1. The minimum Gasteiger partial charge on any atom is -0.506 e. The fraction of sp³-hybridized carbons (Fsp3) is 0.346. The van der Waals surface area contributed by atoms with Gasteiger partial charge in [0, 0.05) is 17.5 Å². The maximum Gasteiger partial charge on any atom is 0.273 e. The van der Waals surface area contributed by atoms with E-state index in [0.717, 1.165) is 50.1 Å². The maximum absolute atomic E-state index is 13.1. The van der Waals surface area contributed by atoms with Gasteiger partial charge in [-0.2, -0.15) is 0 Å². The molecule has 2 amide bonds. The van der Waals surface area contributed by atoms with E-state index in [-0.39, 0.29) is 35.2 Å². The highest BCUT2D eigenvalue weighted by molar-refractivity contribution is 6.05. The third kappa shape index (κ3) is 4.97. The lowest BCUT2D eigenvalue weighted by Gasteiger charge is -2.31. The Morgan fingerprint density at radius 3 is 2.56 bits per heavy atom. The number of phenolic OH excluding ortho intramolecular Hbond substituents is 1. The van der Waals surface area contributed by atoms with Crippen LogP contribution in [0.25, 0.3) is 0 Å². The van der Waals surface area contributed by atoms with Crippen LogP contribution in [0.15, 0.2) is 59.1 Å². The molecule has 1 aliphatic carbocycles. The monoisotopic (exact) mass is 460 g/mol. The standard InChI is InChI=1S/C26H28N4O4/c31-22-7-2-1-6-20(22)28-25(32)19-5-3-4-18(14-19)24(17-10-12-27-13-11-17)29-26(33)21-15-23(34-30-21)16-8-9-16/h1-7,14-17,24,27,31H,8-13H2,(H,28,32)(H,29,33). The van der Waals surface area contributed by atoms with E-state index in [1.165, 1.54) is 6.07 Å². The molecule has 0 bridgehead atoms. The van der Waals surface area contributed by atoms with Crippen molar-refractivity contribution in [2.75, 3.05) is 18.4 Å². The molecule has 176 valence electrons. The number of hydrogen-bond acceptors (Lipinski definition) is 6. The number of piperidine rings is 1. The second-order valence-corrected chi connectivity index (χ2v) is 9.02. The second kappa shape index (κ2) is 9.69. The Morgan fingerprint density at radius 1 is 1.00 bits per heavy atom. The number of aromatic nitrogens is 1. The Kier molecular flexibility index (Phi) is 6.31. The van der Waals surface area contributed by atoms with Crippen molar-refractivity contribution in [3.05, 3.63) is 77.2 Å². The number of para-hydroxylation sites is 2. The average molecular weight is 461 g/mol. The molecule has 0 spiro atoms. The molecule has 1 saturated carbocycles. The molecular weight excluding hydrogens is 432 g/mol. The van der Waals surface area contributed by atoms with E-state index in [2.05, 4.69) is 21.1 Å². The molecule has 5 rings (SSSR count). The molecule has 1 aromatic heterocycles. The largest absolute Gasteiger partial charge is 0.506 e. The number of benzene rings is 2. The molecule has 1 saturated heterocycles. The number of carbonyl (C=O) groups excluding carboxylic acids is 2. The molecule has 8 heteroatoms. The molecule has 2 aliphatic rings. The molecule has 2 heterocycles. The number of carbonyl (C=O) groups is 2. The summed E-state index contributed by atoms with van der Waals surface area (Å²) in [6.07, 6.45) is 3.96. The molecule has 0 radical (unpaired) electrons. The van der Waals surface area contributed by atoms with Crippen LogP contribution in [-0.2, 0) is 0 Å². The molecule has 3 aromatic rings. The van der Waals surface area contributed by atoms with E-state index >= 15 is 0 Å². The molecule has 34 heavy (non-hydrogen) atoms. The van der Waals surface area contributed by atoms with Crippen LogP contribution in [0, 0.1) is 5.92 Å². The first kappa shape index (κ1) is 22.2. The lowest BCUT2D eigenvalue weighted by Crippen LogP contribution is -2.39. The molecule has 2 fully saturated rings. The van der Waals surface area contributed by atoms with E-state index in [1.54, 1.807) is 36.4 Å². The fourth-order valence-corrected chi connectivity index (χ4v) is 4.47. The topological polar surface area (TPSA) is 116 Å². The first-order valence-corrected chi connectivity index (χ1v) is 11.8. The quantitative estimate of drug-likeness (QED) is 0.396. The van der Waals surface area contributed by atoms with Gasteiger partial charge >= 0.3 is 0 Å². The number of aromatic hydroxyl groups is 1. The van der Waals surface area contributed by atoms with Crippen LogP contribution in [-0.4, -0.2) is 35.2 Å². The molecule has 1 aliphatic heterocycles. The highest BCUT2D eigenvalue weighted by Crippen LogP contribution is 2.40. The highest BCUT2D eigenvalue weighted by atomic mass is 16.5. The lowest BCUT2D eigenvalue weighted by molar-refractivity contribution is 0.0904. The number of rotatable bonds is 7. The summed E-state index contributed by atoms with van der Waals surface area (Å²) in [5, 5.41) is 23.2. The van der Waals surface area contributed by atoms with Gasteiger partial charge in [0.2, 0.25) is 0 Å². The van der Waals surface area contributed by atoms with Gasteiger partial charge in [0.15, 0.2) is 5.69 Å². The summed E-state index contributed by atoms with van der Waals surface area (Å²) in [6.45, 7) is 1.75. The Hall–Kier alpha value is -3.65. The second-order valence-electron chi connectivity index (χ2n) is 9.02. The normalized spacial score (nSPS) is 17.2. The average Bonchev–Trinajstić information content (AvgIpc) is 3.60. The van der Waals surface area contributed by atoms with Gasteiger partial charge in [0.05, 0.1) is 11.7 Å².